The smallest absolute Gasteiger partial charge is 0.249 e. The van der Waals surface area contributed by atoms with Crippen molar-refractivity contribution in [3.05, 3.63) is 204 Å². The van der Waals surface area contributed by atoms with Crippen molar-refractivity contribution in [3.63, 3.8) is 0 Å². The highest BCUT2D eigenvalue weighted by Crippen LogP contribution is 2.59. The summed E-state index contributed by atoms with van der Waals surface area (Å²) in [6, 6.07) is 64.7. The number of anilines is 6. The van der Waals surface area contributed by atoms with E-state index in [0.717, 1.165) is 92.4 Å². The van der Waals surface area contributed by atoms with E-state index in [4.69, 9.17) is 0 Å². The standard InChI is InChI=1S/C64H58N4O2/c1-41-35-42(2)38-63(37-41)65(45-19-9-5-10-20-45)53-29-17-27-49-51(31-33-55(57(49)53)67(63)47-23-13-7-14-24-47)59-61(69)60(62(59)70)52-32-34-56-58-50(52)28-18-30-54(58)66(46-21-11-6-12-22-46)64(39-43(3)36-44(4)40-64)68(56)48-25-15-8-16-26-48/h5-34,41-44H,35-40H2,1-4H3. The summed E-state index contributed by atoms with van der Waals surface area (Å²) in [4.78, 5) is 23.0. The summed E-state index contributed by atoms with van der Waals surface area (Å²) >= 11 is 0. The minimum atomic E-state index is -0.396. The molecule has 2 heterocycles. The lowest BCUT2D eigenvalue weighted by Crippen LogP contribution is -2.64. The van der Waals surface area contributed by atoms with Crippen LogP contribution in [0.1, 0.15) is 71.8 Å². The molecule has 0 saturated heterocycles. The highest BCUT2D eigenvalue weighted by Gasteiger charge is 2.56. The number of para-hydroxylation sites is 4. The van der Waals surface area contributed by atoms with Crippen molar-refractivity contribution in [2.75, 3.05) is 14.7 Å². The van der Waals surface area contributed by atoms with Crippen LogP contribution in [-0.4, -0.2) is 17.1 Å². The van der Waals surface area contributed by atoms with Gasteiger partial charge in [0.1, 0.15) is 5.66 Å². The van der Waals surface area contributed by atoms with E-state index in [-0.39, 0.29) is 22.7 Å². The van der Waals surface area contributed by atoms with Crippen LogP contribution in [0.5, 0.6) is 0 Å². The molecule has 0 aromatic heterocycles. The molecule has 2 aliphatic heterocycles. The average molecular weight is 915 g/mol. The van der Waals surface area contributed by atoms with E-state index < -0.39 is 11.3 Å². The molecule has 2 spiro atoms. The number of allylic oxidation sites excluding steroid dienone is 2. The van der Waals surface area contributed by atoms with Crippen LogP contribution in [0.4, 0.5) is 39.8 Å². The number of hydrogen-bond acceptors (Lipinski definition) is 5. The maximum absolute atomic E-state index is 15.2. The Hall–Kier alpha value is -7.44. The number of ketones is 1. The summed E-state index contributed by atoms with van der Waals surface area (Å²) in [5, 5.41) is 20.9. The number of rotatable bonds is 5. The number of Topliss-reactive ketones (excluding diaryl/α,β-unsaturated/α-hetero) is 1. The second kappa shape index (κ2) is 16.1. The zero-order chi connectivity index (χ0) is 47.5. The molecule has 8 aromatic carbocycles. The summed E-state index contributed by atoms with van der Waals surface area (Å²) in [6.45, 7) is 9.60. The third-order valence-corrected chi connectivity index (χ3v) is 16.4. The molecular formula is C64H58N4O2. The summed E-state index contributed by atoms with van der Waals surface area (Å²) in [7, 11) is 0. The van der Waals surface area contributed by atoms with Crippen molar-refractivity contribution in [1.82, 2.24) is 4.58 Å². The van der Waals surface area contributed by atoms with Crippen LogP contribution >= 0.6 is 0 Å². The molecule has 2 saturated carbocycles. The molecule has 0 amide bonds. The van der Waals surface area contributed by atoms with Crippen molar-refractivity contribution in [2.45, 2.75) is 77.5 Å². The molecule has 6 nitrogen and oxygen atoms in total. The van der Waals surface area contributed by atoms with Crippen LogP contribution in [0.15, 0.2) is 188 Å². The minimum Gasteiger partial charge on any atom is -0.871 e. The third kappa shape index (κ3) is 6.17. The minimum absolute atomic E-state index is 0.199. The van der Waals surface area contributed by atoms with E-state index in [1.165, 1.54) is 12.8 Å². The third-order valence-electron chi connectivity index (χ3n) is 16.4. The Morgan fingerprint density at radius 2 is 0.957 bits per heavy atom. The van der Waals surface area contributed by atoms with Crippen LogP contribution in [0, 0.1) is 23.7 Å². The lowest BCUT2D eigenvalue weighted by molar-refractivity contribution is -0.292. The molecule has 346 valence electrons. The topological polar surface area (TPSA) is 52.9 Å². The number of carbonyl (C=O) groups is 1. The molecular weight excluding hydrogens is 857 g/mol. The highest BCUT2D eigenvalue weighted by atomic mass is 16.3. The van der Waals surface area contributed by atoms with Crippen molar-refractivity contribution < 1.29 is 9.90 Å². The van der Waals surface area contributed by atoms with E-state index in [9.17, 15) is 0 Å². The fourth-order valence-corrected chi connectivity index (χ4v) is 14.6. The first kappa shape index (κ1) is 42.6. The number of carbonyl (C=O) groups excluding carboxylic acids is 1. The average Bonchev–Trinajstić information content (AvgIpc) is 3.36. The zero-order valence-corrected chi connectivity index (χ0v) is 40.5. The first-order chi connectivity index (χ1) is 34.2. The van der Waals surface area contributed by atoms with Crippen molar-refractivity contribution in [3.8, 4) is 0 Å². The summed E-state index contributed by atoms with van der Waals surface area (Å²) in [6.07, 6.45) is 6.27. The molecule has 0 radical (unpaired) electrons. The van der Waals surface area contributed by atoms with Crippen molar-refractivity contribution >= 4 is 78.3 Å². The van der Waals surface area contributed by atoms with E-state index in [1.807, 2.05) is 0 Å². The first-order valence-electron chi connectivity index (χ1n) is 25.5. The number of nitrogens with zero attached hydrogens (tertiary/aromatic N) is 4. The van der Waals surface area contributed by atoms with Crippen LogP contribution in [0.25, 0.3) is 32.7 Å². The van der Waals surface area contributed by atoms with Gasteiger partial charge in [0, 0.05) is 64.6 Å². The van der Waals surface area contributed by atoms with Crippen molar-refractivity contribution in [2.24, 2.45) is 23.7 Å². The Bertz CT molecular complexity index is 3500. The second-order valence-electron chi connectivity index (χ2n) is 21.4. The molecule has 5 aliphatic rings. The van der Waals surface area contributed by atoms with Gasteiger partial charge in [-0.05, 0) is 132 Å². The predicted octanol–water partition coefficient (Wildman–Crippen LogP) is 13.1. The highest BCUT2D eigenvalue weighted by molar-refractivity contribution is 6.52. The first-order valence-corrected chi connectivity index (χ1v) is 25.5. The fraction of sp³-hybridized carbons (Fsp3) is 0.250. The van der Waals surface area contributed by atoms with E-state index in [2.05, 4.69) is 229 Å². The number of benzene rings is 8. The van der Waals surface area contributed by atoms with Gasteiger partial charge in [0.15, 0.2) is 5.78 Å². The Balaban J connectivity index is 1.05. The maximum atomic E-state index is 15.2. The summed E-state index contributed by atoms with van der Waals surface area (Å²) in [5.74, 6) is 1.58. The maximum Gasteiger partial charge on any atom is 0.249 e. The van der Waals surface area contributed by atoms with Crippen LogP contribution < -0.4 is 35.0 Å². The molecule has 2 fully saturated rings. The molecule has 3 aliphatic carbocycles. The molecule has 0 N–H and O–H groups in total. The van der Waals surface area contributed by atoms with Gasteiger partial charge in [-0.2, -0.15) is 4.58 Å². The van der Waals surface area contributed by atoms with Gasteiger partial charge < -0.3 is 14.9 Å². The Morgan fingerprint density at radius 1 is 0.471 bits per heavy atom. The summed E-state index contributed by atoms with van der Waals surface area (Å²) in [5.41, 5.74) is 8.25. The van der Waals surface area contributed by atoms with Gasteiger partial charge >= 0.3 is 0 Å². The van der Waals surface area contributed by atoms with Gasteiger partial charge in [-0.3, -0.25) is 9.69 Å². The fourth-order valence-electron chi connectivity index (χ4n) is 14.6. The van der Waals surface area contributed by atoms with Crippen LogP contribution in [0.3, 0.4) is 0 Å². The normalized spacial score (nSPS) is 25.9. The van der Waals surface area contributed by atoms with Gasteiger partial charge in [-0.25, -0.2) is 0 Å². The molecule has 70 heavy (non-hydrogen) atoms. The zero-order valence-electron chi connectivity index (χ0n) is 40.5. The van der Waals surface area contributed by atoms with Gasteiger partial charge in [-0.1, -0.05) is 137 Å². The molecule has 6 heteroatoms. The second-order valence-corrected chi connectivity index (χ2v) is 21.4. The molecule has 4 unspecified atom stereocenters. The van der Waals surface area contributed by atoms with Gasteiger partial charge in [0.25, 0.3) is 0 Å². The SMILES string of the molecule is CC1CC(C)CC2(C1)N(c1ccccc1)c1cccc3c(C4=C([O-])/C(=c5/ccc6c7c(cccc57)N(c5ccccc5)C5(CC(C)CC(C)C5)[N+]=6c5ccccc5)C4=O)ccc(c13)N2c1ccccc1. The van der Waals surface area contributed by atoms with Crippen molar-refractivity contribution in [1.29, 1.82) is 0 Å². The van der Waals surface area contributed by atoms with Crippen LogP contribution in [0.2, 0.25) is 0 Å². The largest absolute Gasteiger partial charge is 0.871 e. The Kier molecular flexibility index (Phi) is 9.79. The van der Waals surface area contributed by atoms with E-state index in [0.29, 0.717) is 34.5 Å². The van der Waals surface area contributed by atoms with Gasteiger partial charge in [-0.15, -0.1) is 0 Å². The molecule has 13 rings (SSSR count). The summed E-state index contributed by atoms with van der Waals surface area (Å²) < 4.78 is 2.59. The lowest BCUT2D eigenvalue weighted by Gasteiger charge is -2.59. The molecule has 0 bridgehead atoms. The monoisotopic (exact) mass is 914 g/mol. The Labute approximate surface area is 410 Å². The quantitative estimate of drug-likeness (QED) is 0.161. The van der Waals surface area contributed by atoms with E-state index in [1.54, 1.807) is 0 Å². The lowest BCUT2D eigenvalue weighted by atomic mass is 9.72. The Morgan fingerprint density at radius 3 is 1.51 bits per heavy atom. The van der Waals surface area contributed by atoms with Gasteiger partial charge in [0.2, 0.25) is 16.7 Å². The molecule has 8 aromatic rings. The predicted molar refractivity (Wildman–Crippen MR) is 285 cm³/mol. The molecule has 4 atom stereocenters. The van der Waals surface area contributed by atoms with E-state index >= 15 is 9.90 Å². The van der Waals surface area contributed by atoms with Crippen LogP contribution in [-0.2, 0) is 4.79 Å². The van der Waals surface area contributed by atoms with Gasteiger partial charge in [0.05, 0.1) is 22.4 Å². The number of hydrogen-bond donors (Lipinski definition) is 0.